The number of pyridine rings is 1. The fraction of sp³-hybridized carbons (Fsp3) is 0.200. The van der Waals surface area contributed by atoms with Crippen molar-refractivity contribution >= 4 is 17.4 Å². The number of aryl methyl sites for hydroxylation is 3. The maximum atomic E-state index is 12.4. The number of carbonyl (C=O) groups is 1. The van der Waals surface area contributed by atoms with Gasteiger partial charge in [0.1, 0.15) is 5.69 Å². The first-order valence-electron chi connectivity index (χ1n) is 5.73. The SMILES string of the molecule is Cc1cc(C)c(C(=O)c2ncccc2Cl)cc1C. The van der Waals surface area contributed by atoms with Gasteiger partial charge in [-0.15, -0.1) is 0 Å². The van der Waals surface area contributed by atoms with Gasteiger partial charge in [0.25, 0.3) is 0 Å². The number of halogens is 1. The normalized spacial score (nSPS) is 10.4. The van der Waals surface area contributed by atoms with E-state index < -0.39 is 0 Å². The van der Waals surface area contributed by atoms with E-state index in [-0.39, 0.29) is 5.78 Å². The van der Waals surface area contributed by atoms with Crippen molar-refractivity contribution in [2.24, 2.45) is 0 Å². The molecule has 1 heterocycles. The number of carbonyl (C=O) groups excluding carboxylic acids is 1. The molecule has 92 valence electrons. The number of hydrogen-bond donors (Lipinski definition) is 0. The van der Waals surface area contributed by atoms with Crippen molar-refractivity contribution in [1.82, 2.24) is 4.98 Å². The topological polar surface area (TPSA) is 30.0 Å². The lowest BCUT2D eigenvalue weighted by molar-refractivity contribution is 0.103. The molecule has 0 amide bonds. The predicted molar refractivity (Wildman–Crippen MR) is 73.3 cm³/mol. The second-order valence-corrected chi connectivity index (χ2v) is 4.82. The molecule has 3 heteroatoms. The van der Waals surface area contributed by atoms with Crippen LogP contribution in [0.4, 0.5) is 0 Å². The van der Waals surface area contributed by atoms with Gasteiger partial charge in [0.05, 0.1) is 5.02 Å². The van der Waals surface area contributed by atoms with Crippen molar-refractivity contribution in [2.75, 3.05) is 0 Å². The van der Waals surface area contributed by atoms with E-state index in [4.69, 9.17) is 11.6 Å². The molecule has 2 nitrogen and oxygen atoms in total. The van der Waals surface area contributed by atoms with Crippen LogP contribution in [-0.4, -0.2) is 10.8 Å². The Labute approximate surface area is 112 Å². The molecule has 0 bridgehead atoms. The van der Waals surface area contributed by atoms with Crippen LogP contribution in [0.1, 0.15) is 32.7 Å². The average molecular weight is 260 g/mol. The van der Waals surface area contributed by atoms with E-state index in [0.29, 0.717) is 16.3 Å². The molecule has 0 saturated carbocycles. The molecule has 2 rings (SSSR count). The molecule has 2 aromatic rings. The van der Waals surface area contributed by atoms with Gasteiger partial charge in [-0.3, -0.25) is 9.78 Å². The molecule has 0 fully saturated rings. The van der Waals surface area contributed by atoms with E-state index in [0.717, 1.165) is 11.1 Å². The third-order valence-electron chi connectivity index (χ3n) is 3.06. The Balaban J connectivity index is 2.53. The fourth-order valence-electron chi connectivity index (χ4n) is 1.89. The van der Waals surface area contributed by atoms with E-state index in [9.17, 15) is 4.79 Å². The molecule has 0 saturated heterocycles. The molecular weight excluding hydrogens is 246 g/mol. The monoisotopic (exact) mass is 259 g/mol. The smallest absolute Gasteiger partial charge is 0.213 e. The first kappa shape index (κ1) is 12.8. The zero-order chi connectivity index (χ0) is 13.3. The Morgan fingerprint density at radius 3 is 2.44 bits per heavy atom. The highest BCUT2D eigenvalue weighted by molar-refractivity contribution is 6.34. The van der Waals surface area contributed by atoms with Crippen molar-refractivity contribution in [1.29, 1.82) is 0 Å². The number of benzene rings is 1. The lowest BCUT2D eigenvalue weighted by Gasteiger charge is -2.09. The van der Waals surface area contributed by atoms with Crippen molar-refractivity contribution in [2.45, 2.75) is 20.8 Å². The minimum absolute atomic E-state index is 0.124. The minimum Gasteiger partial charge on any atom is -0.287 e. The molecule has 0 spiro atoms. The highest BCUT2D eigenvalue weighted by Crippen LogP contribution is 2.21. The summed E-state index contributed by atoms with van der Waals surface area (Å²) < 4.78 is 0. The van der Waals surface area contributed by atoms with Crippen LogP contribution in [0.3, 0.4) is 0 Å². The minimum atomic E-state index is -0.124. The summed E-state index contributed by atoms with van der Waals surface area (Å²) in [5.41, 5.74) is 4.20. The van der Waals surface area contributed by atoms with Crippen LogP contribution in [0.5, 0.6) is 0 Å². The lowest BCUT2D eigenvalue weighted by atomic mass is 9.96. The van der Waals surface area contributed by atoms with Gasteiger partial charge >= 0.3 is 0 Å². The van der Waals surface area contributed by atoms with E-state index in [1.165, 1.54) is 5.56 Å². The predicted octanol–water partition coefficient (Wildman–Crippen LogP) is 3.89. The number of nitrogens with zero attached hydrogens (tertiary/aromatic N) is 1. The second-order valence-electron chi connectivity index (χ2n) is 4.41. The van der Waals surface area contributed by atoms with Crippen molar-refractivity contribution in [3.8, 4) is 0 Å². The first-order chi connectivity index (χ1) is 8.50. The Morgan fingerprint density at radius 2 is 1.78 bits per heavy atom. The molecule has 1 aromatic carbocycles. The van der Waals surface area contributed by atoms with Crippen LogP contribution in [0.15, 0.2) is 30.5 Å². The molecule has 18 heavy (non-hydrogen) atoms. The number of aromatic nitrogens is 1. The molecule has 0 N–H and O–H groups in total. The lowest BCUT2D eigenvalue weighted by Crippen LogP contribution is -2.07. The molecule has 0 aliphatic carbocycles. The zero-order valence-corrected chi connectivity index (χ0v) is 11.4. The standard InChI is InChI=1S/C15H14ClNO/c1-9-7-11(3)12(8-10(9)2)15(18)14-13(16)5-4-6-17-14/h4-8H,1-3H3. The summed E-state index contributed by atoms with van der Waals surface area (Å²) in [5, 5.41) is 0.389. The first-order valence-corrected chi connectivity index (χ1v) is 6.11. The van der Waals surface area contributed by atoms with Crippen molar-refractivity contribution in [3.63, 3.8) is 0 Å². The Kier molecular flexibility index (Phi) is 3.48. The highest BCUT2D eigenvalue weighted by Gasteiger charge is 2.16. The Morgan fingerprint density at radius 1 is 1.11 bits per heavy atom. The molecule has 0 radical (unpaired) electrons. The van der Waals surface area contributed by atoms with Gasteiger partial charge in [0, 0.05) is 11.8 Å². The quantitative estimate of drug-likeness (QED) is 0.766. The van der Waals surface area contributed by atoms with E-state index >= 15 is 0 Å². The summed E-state index contributed by atoms with van der Waals surface area (Å²) in [5.74, 6) is -0.124. The molecule has 0 unspecified atom stereocenters. The maximum absolute atomic E-state index is 12.4. The average Bonchev–Trinajstić information content (AvgIpc) is 2.33. The molecule has 0 atom stereocenters. The number of rotatable bonds is 2. The summed E-state index contributed by atoms with van der Waals surface area (Å²) in [6, 6.07) is 7.31. The summed E-state index contributed by atoms with van der Waals surface area (Å²) in [7, 11) is 0. The van der Waals surface area contributed by atoms with E-state index in [2.05, 4.69) is 4.98 Å². The van der Waals surface area contributed by atoms with E-state index in [1.54, 1.807) is 18.3 Å². The van der Waals surface area contributed by atoms with E-state index in [1.807, 2.05) is 32.9 Å². The van der Waals surface area contributed by atoms with Gasteiger partial charge in [-0.1, -0.05) is 17.7 Å². The van der Waals surface area contributed by atoms with Crippen LogP contribution in [0, 0.1) is 20.8 Å². The largest absolute Gasteiger partial charge is 0.287 e. The number of ketones is 1. The maximum Gasteiger partial charge on any atom is 0.213 e. The fourth-order valence-corrected chi connectivity index (χ4v) is 2.09. The summed E-state index contributed by atoms with van der Waals surface area (Å²) in [6.45, 7) is 5.95. The van der Waals surface area contributed by atoms with Gasteiger partial charge in [-0.05, 0) is 55.7 Å². The van der Waals surface area contributed by atoms with Crippen molar-refractivity contribution < 1.29 is 4.79 Å². The van der Waals surface area contributed by atoms with Crippen molar-refractivity contribution in [3.05, 3.63) is 63.4 Å². The van der Waals surface area contributed by atoms with Crippen LogP contribution < -0.4 is 0 Å². The summed E-state index contributed by atoms with van der Waals surface area (Å²) in [4.78, 5) is 16.5. The Bertz CT molecular complexity index is 620. The third kappa shape index (κ3) is 2.29. The summed E-state index contributed by atoms with van der Waals surface area (Å²) in [6.07, 6.45) is 1.58. The van der Waals surface area contributed by atoms with Gasteiger partial charge in [0.2, 0.25) is 5.78 Å². The molecular formula is C15H14ClNO. The van der Waals surface area contributed by atoms with Gasteiger partial charge in [-0.25, -0.2) is 0 Å². The third-order valence-corrected chi connectivity index (χ3v) is 3.36. The van der Waals surface area contributed by atoms with Gasteiger partial charge < -0.3 is 0 Å². The Hall–Kier alpha value is -1.67. The molecule has 0 aliphatic heterocycles. The van der Waals surface area contributed by atoms with Gasteiger partial charge in [-0.2, -0.15) is 0 Å². The second kappa shape index (κ2) is 4.91. The molecule has 0 aliphatic rings. The summed E-state index contributed by atoms with van der Waals surface area (Å²) >= 11 is 6.01. The van der Waals surface area contributed by atoms with Gasteiger partial charge in [0.15, 0.2) is 0 Å². The van der Waals surface area contributed by atoms with Crippen LogP contribution in [-0.2, 0) is 0 Å². The number of hydrogen-bond acceptors (Lipinski definition) is 2. The van der Waals surface area contributed by atoms with Crippen LogP contribution in [0.25, 0.3) is 0 Å². The molecule has 1 aromatic heterocycles. The van der Waals surface area contributed by atoms with Crippen LogP contribution >= 0.6 is 11.6 Å². The van der Waals surface area contributed by atoms with Crippen LogP contribution in [0.2, 0.25) is 5.02 Å². The zero-order valence-electron chi connectivity index (χ0n) is 10.6. The highest BCUT2D eigenvalue weighted by atomic mass is 35.5.